The van der Waals surface area contributed by atoms with Gasteiger partial charge in [-0.25, -0.2) is 9.59 Å². The van der Waals surface area contributed by atoms with E-state index in [2.05, 4.69) is 5.32 Å². The van der Waals surface area contributed by atoms with E-state index < -0.39 is 58.2 Å². The zero-order valence-corrected chi connectivity index (χ0v) is 21.7. The monoisotopic (exact) mass is 561 g/mol. The van der Waals surface area contributed by atoms with Crippen molar-refractivity contribution in [3.05, 3.63) is 70.8 Å². The topological polar surface area (TPSA) is 84.9 Å². The van der Waals surface area contributed by atoms with Gasteiger partial charge in [-0.1, -0.05) is 30.3 Å². The number of hydrogen-bond acceptors (Lipinski definition) is 4. The summed E-state index contributed by atoms with van der Waals surface area (Å²) in [7, 11) is 0. The summed E-state index contributed by atoms with van der Waals surface area (Å²) in [4.78, 5) is 24.6. The van der Waals surface area contributed by atoms with Gasteiger partial charge in [-0.3, -0.25) is 0 Å². The Kier molecular flexibility index (Phi) is 8.04. The van der Waals surface area contributed by atoms with Crippen molar-refractivity contribution in [1.29, 1.82) is 0 Å². The molecule has 39 heavy (non-hydrogen) atoms. The lowest BCUT2D eigenvalue weighted by Gasteiger charge is -2.54. The van der Waals surface area contributed by atoms with Crippen LogP contribution in [0.5, 0.6) is 0 Å². The third-order valence-electron chi connectivity index (χ3n) is 6.51. The number of benzene rings is 2. The Morgan fingerprint density at radius 1 is 0.949 bits per heavy atom. The maximum absolute atomic E-state index is 13.3. The van der Waals surface area contributed by atoms with Crippen LogP contribution in [0.1, 0.15) is 68.9 Å². The fourth-order valence-electron chi connectivity index (χ4n) is 4.67. The Bertz CT molecular complexity index is 1170. The van der Waals surface area contributed by atoms with Crippen LogP contribution in [0.15, 0.2) is 48.5 Å². The van der Waals surface area contributed by atoms with Crippen LogP contribution in [-0.2, 0) is 32.0 Å². The van der Waals surface area contributed by atoms with Crippen LogP contribution in [0.4, 0.5) is 31.1 Å². The molecule has 0 radical (unpaired) electrons. The molecule has 1 amide bonds. The minimum Gasteiger partial charge on any atom is -0.480 e. The summed E-state index contributed by atoms with van der Waals surface area (Å²) in [5, 5.41) is 12.4. The van der Waals surface area contributed by atoms with Gasteiger partial charge in [0.25, 0.3) is 0 Å². The molecular formula is C27H29F6NO5. The first-order chi connectivity index (χ1) is 17.8. The highest BCUT2D eigenvalue weighted by molar-refractivity contribution is 5.86. The lowest BCUT2D eigenvalue weighted by molar-refractivity contribution is -0.155. The lowest BCUT2D eigenvalue weighted by Crippen LogP contribution is -2.69. The van der Waals surface area contributed by atoms with Gasteiger partial charge in [0, 0.05) is 5.41 Å². The van der Waals surface area contributed by atoms with Crippen molar-refractivity contribution in [3.63, 3.8) is 0 Å². The number of carbonyl (C=O) groups is 2. The number of carbonyl (C=O) groups excluding carboxylic acids is 1. The van der Waals surface area contributed by atoms with Gasteiger partial charge in [-0.15, -0.1) is 0 Å². The van der Waals surface area contributed by atoms with E-state index in [9.17, 15) is 41.0 Å². The van der Waals surface area contributed by atoms with Crippen LogP contribution in [0.2, 0.25) is 0 Å². The fourth-order valence-corrected chi connectivity index (χ4v) is 4.67. The molecule has 1 unspecified atom stereocenters. The Balaban J connectivity index is 1.89. The highest BCUT2D eigenvalue weighted by atomic mass is 19.4. The highest BCUT2D eigenvalue weighted by Crippen LogP contribution is 2.51. The molecule has 2 aromatic carbocycles. The van der Waals surface area contributed by atoms with Gasteiger partial charge in [-0.05, 0) is 69.9 Å². The van der Waals surface area contributed by atoms with Crippen LogP contribution in [0.3, 0.4) is 0 Å². The van der Waals surface area contributed by atoms with E-state index in [4.69, 9.17) is 9.47 Å². The summed E-state index contributed by atoms with van der Waals surface area (Å²) in [5.41, 5.74) is -6.23. The van der Waals surface area contributed by atoms with Crippen molar-refractivity contribution in [2.24, 2.45) is 0 Å². The Morgan fingerprint density at radius 2 is 1.46 bits per heavy atom. The van der Waals surface area contributed by atoms with E-state index >= 15 is 0 Å². The van der Waals surface area contributed by atoms with Crippen molar-refractivity contribution >= 4 is 12.1 Å². The SMILES string of the molecule is CC(OCC1(c2ccccc2)CC(NC(=O)OC(C)(C)C)(C(=O)O)C1)c1cc(C(F)(F)F)cc(C(F)(F)F)c1. The number of alkyl carbamates (subject to hydrolysis) is 1. The third-order valence-corrected chi connectivity index (χ3v) is 6.51. The first-order valence-electron chi connectivity index (χ1n) is 12.0. The summed E-state index contributed by atoms with van der Waals surface area (Å²) < 4.78 is 90.9. The Hall–Kier alpha value is -3.28. The van der Waals surface area contributed by atoms with Gasteiger partial charge < -0.3 is 19.9 Å². The number of amides is 1. The van der Waals surface area contributed by atoms with Crippen molar-refractivity contribution in [2.75, 3.05) is 6.61 Å². The average Bonchev–Trinajstić information content (AvgIpc) is 2.78. The van der Waals surface area contributed by atoms with E-state index in [0.717, 1.165) is 0 Å². The van der Waals surface area contributed by atoms with Crippen LogP contribution >= 0.6 is 0 Å². The van der Waals surface area contributed by atoms with Crippen molar-refractivity contribution in [3.8, 4) is 0 Å². The van der Waals surface area contributed by atoms with Crippen LogP contribution in [0.25, 0.3) is 0 Å². The Labute approximate surface area is 221 Å². The third kappa shape index (κ3) is 7.03. The van der Waals surface area contributed by atoms with E-state index in [1.807, 2.05) is 0 Å². The summed E-state index contributed by atoms with van der Waals surface area (Å²) in [5.74, 6) is -1.32. The number of aliphatic carboxylic acids is 1. The lowest BCUT2D eigenvalue weighted by atomic mass is 9.54. The molecule has 1 atom stereocenters. The summed E-state index contributed by atoms with van der Waals surface area (Å²) in [6, 6.07) is 9.78. The van der Waals surface area contributed by atoms with Gasteiger partial charge in [0.1, 0.15) is 11.1 Å². The van der Waals surface area contributed by atoms with Gasteiger partial charge in [-0.2, -0.15) is 26.3 Å². The predicted octanol–water partition coefficient (Wildman–Crippen LogP) is 6.88. The second-order valence-electron chi connectivity index (χ2n) is 10.8. The quantitative estimate of drug-likeness (QED) is 0.360. The van der Waals surface area contributed by atoms with Crippen molar-refractivity contribution in [2.45, 2.75) is 75.5 Å². The molecule has 0 saturated heterocycles. The summed E-state index contributed by atoms with van der Waals surface area (Å²) in [6.45, 7) is 5.92. The van der Waals surface area contributed by atoms with E-state index in [0.29, 0.717) is 17.7 Å². The molecular weight excluding hydrogens is 532 g/mol. The van der Waals surface area contributed by atoms with Crippen LogP contribution < -0.4 is 5.32 Å². The van der Waals surface area contributed by atoms with Crippen LogP contribution in [0, 0.1) is 0 Å². The Morgan fingerprint density at radius 3 is 1.90 bits per heavy atom. The molecule has 2 aromatic rings. The number of halogens is 6. The molecule has 2 N–H and O–H groups in total. The minimum absolute atomic E-state index is 0.0389. The predicted molar refractivity (Wildman–Crippen MR) is 128 cm³/mol. The molecule has 1 saturated carbocycles. The summed E-state index contributed by atoms with van der Waals surface area (Å²) >= 11 is 0. The van der Waals surface area contributed by atoms with Gasteiger partial charge in [0.2, 0.25) is 0 Å². The first-order valence-corrected chi connectivity index (χ1v) is 12.0. The molecule has 0 heterocycles. The van der Waals surface area contributed by atoms with Crippen LogP contribution in [-0.4, -0.2) is 34.9 Å². The number of hydrogen-bond donors (Lipinski definition) is 2. The first kappa shape index (κ1) is 30.3. The summed E-state index contributed by atoms with van der Waals surface area (Å²) in [6.07, 6.45) is -12.5. The molecule has 214 valence electrons. The van der Waals surface area contributed by atoms with E-state index in [1.165, 1.54) is 6.92 Å². The maximum atomic E-state index is 13.3. The molecule has 1 aliphatic carbocycles. The number of nitrogens with one attached hydrogen (secondary N) is 1. The van der Waals surface area contributed by atoms with Gasteiger partial charge in [0.15, 0.2) is 0 Å². The average molecular weight is 562 g/mol. The molecule has 1 fully saturated rings. The zero-order valence-electron chi connectivity index (χ0n) is 21.7. The minimum atomic E-state index is -5.01. The maximum Gasteiger partial charge on any atom is 0.416 e. The van der Waals surface area contributed by atoms with Crippen molar-refractivity contribution < 1.29 is 50.5 Å². The molecule has 12 heteroatoms. The number of ether oxygens (including phenoxy) is 2. The second-order valence-corrected chi connectivity index (χ2v) is 10.8. The molecule has 6 nitrogen and oxygen atoms in total. The molecule has 0 spiro atoms. The number of rotatable bonds is 7. The highest BCUT2D eigenvalue weighted by Gasteiger charge is 2.61. The molecule has 0 bridgehead atoms. The molecule has 1 aliphatic rings. The standard InChI is InChI=1S/C27H29F6NO5/c1-16(17-10-19(26(28,29)30)12-20(11-17)27(31,32)33)38-15-24(18-8-6-5-7-9-18)13-25(14-24,21(35)36)34-22(37)39-23(2,3)4/h5-12,16H,13-15H2,1-4H3,(H,34,37)(H,35,36). The number of carboxylic acid groups (broad SMARTS) is 1. The molecule has 3 rings (SSSR count). The normalized spacial score (nSPS) is 22.5. The fraction of sp³-hybridized carbons (Fsp3) is 0.481. The van der Waals surface area contributed by atoms with E-state index in [1.54, 1.807) is 51.1 Å². The molecule has 0 aliphatic heterocycles. The van der Waals surface area contributed by atoms with Crippen molar-refractivity contribution in [1.82, 2.24) is 5.32 Å². The zero-order chi connectivity index (χ0) is 29.4. The largest absolute Gasteiger partial charge is 0.480 e. The smallest absolute Gasteiger partial charge is 0.416 e. The van der Waals surface area contributed by atoms with Gasteiger partial charge >= 0.3 is 24.4 Å². The molecule has 0 aromatic heterocycles. The number of carboxylic acids is 1. The number of alkyl halides is 6. The van der Waals surface area contributed by atoms with E-state index in [-0.39, 0.29) is 31.1 Å². The second kappa shape index (κ2) is 10.4. The van der Waals surface area contributed by atoms with Gasteiger partial charge in [0.05, 0.1) is 23.8 Å².